The molecule has 6 nitrogen and oxygen atoms in total. The first-order valence-corrected chi connectivity index (χ1v) is 7.77. The number of sulfonamides is 1. The summed E-state index contributed by atoms with van der Waals surface area (Å²) in [6, 6.07) is 10.0. The van der Waals surface area contributed by atoms with Gasteiger partial charge in [0.05, 0.1) is 10.5 Å². The normalized spacial score (nSPS) is 11.6. The highest BCUT2D eigenvalue weighted by molar-refractivity contribution is 7.89. The van der Waals surface area contributed by atoms with Crippen molar-refractivity contribution in [1.82, 2.24) is 4.31 Å². The summed E-state index contributed by atoms with van der Waals surface area (Å²) >= 11 is 0. The molecule has 0 heterocycles. The maximum absolute atomic E-state index is 12.1. The van der Waals surface area contributed by atoms with E-state index in [9.17, 15) is 18.3 Å². The molecular weight excluding hydrogens is 306 g/mol. The van der Waals surface area contributed by atoms with Crippen LogP contribution in [0, 0.1) is 0 Å². The van der Waals surface area contributed by atoms with Crippen molar-refractivity contribution in [3.8, 4) is 16.9 Å². The lowest BCUT2D eigenvalue weighted by molar-refractivity contribution is 0.0696. The zero-order chi connectivity index (χ0) is 16.5. The molecule has 0 aliphatic carbocycles. The second-order valence-electron chi connectivity index (χ2n) is 4.85. The quantitative estimate of drug-likeness (QED) is 0.898. The van der Waals surface area contributed by atoms with Crippen LogP contribution in [0.5, 0.6) is 5.75 Å². The second-order valence-corrected chi connectivity index (χ2v) is 7.00. The molecule has 2 N–H and O–H groups in total. The molecule has 7 heteroatoms. The maximum atomic E-state index is 12.1. The Bertz CT molecular complexity index is 828. The minimum absolute atomic E-state index is 0.0432. The highest BCUT2D eigenvalue weighted by Gasteiger charge is 2.18. The Morgan fingerprint density at radius 3 is 2.32 bits per heavy atom. The van der Waals surface area contributed by atoms with Crippen molar-refractivity contribution in [3.05, 3.63) is 48.0 Å². The monoisotopic (exact) mass is 321 g/mol. The molecule has 0 amide bonds. The topological polar surface area (TPSA) is 94.9 Å². The number of phenols is 1. The molecule has 2 rings (SSSR count). The minimum atomic E-state index is -3.58. The van der Waals surface area contributed by atoms with Crippen molar-refractivity contribution in [2.45, 2.75) is 4.90 Å². The SMILES string of the molecule is CN(C)S(=O)(=O)c1cccc(-c2ccc(C(=O)O)cc2O)c1. The lowest BCUT2D eigenvalue weighted by atomic mass is 10.0. The number of aromatic carboxylic acids is 1. The smallest absolute Gasteiger partial charge is 0.335 e. The summed E-state index contributed by atoms with van der Waals surface area (Å²) in [4.78, 5) is 11.0. The van der Waals surface area contributed by atoms with Crippen LogP contribution in [0.2, 0.25) is 0 Å². The first-order valence-electron chi connectivity index (χ1n) is 6.33. The average molecular weight is 321 g/mol. The zero-order valence-corrected chi connectivity index (χ0v) is 12.8. The van der Waals surface area contributed by atoms with Crippen molar-refractivity contribution in [3.63, 3.8) is 0 Å². The van der Waals surface area contributed by atoms with Gasteiger partial charge in [0, 0.05) is 19.7 Å². The van der Waals surface area contributed by atoms with Crippen LogP contribution >= 0.6 is 0 Å². The van der Waals surface area contributed by atoms with E-state index in [1.807, 2.05) is 0 Å². The van der Waals surface area contributed by atoms with E-state index in [4.69, 9.17) is 5.11 Å². The average Bonchev–Trinajstić information content (AvgIpc) is 2.47. The molecule has 0 atom stereocenters. The van der Waals surface area contributed by atoms with E-state index in [0.717, 1.165) is 10.4 Å². The Morgan fingerprint density at radius 2 is 1.77 bits per heavy atom. The number of carboxylic acids is 1. The van der Waals surface area contributed by atoms with E-state index in [0.29, 0.717) is 11.1 Å². The molecule has 2 aromatic carbocycles. The summed E-state index contributed by atoms with van der Waals surface area (Å²) in [5.74, 6) is -1.37. The van der Waals surface area contributed by atoms with Crippen LogP contribution in [0.25, 0.3) is 11.1 Å². The van der Waals surface area contributed by atoms with Gasteiger partial charge in [-0.2, -0.15) is 0 Å². The van der Waals surface area contributed by atoms with Crippen LogP contribution in [0.1, 0.15) is 10.4 Å². The fourth-order valence-corrected chi connectivity index (χ4v) is 2.89. The Kier molecular flexibility index (Phi) is 4.20. The third-order valence-electron chi connectivity index (χ3n) is 3.17. The molecule has 0 saturated heterocycles. The first-order chi connectivity index (χ1) is 10.2. The Hall–Kier alpha value is -2.38. The molecule has 0 fully saturated rings. The summed E-state index contributed by atoms with van der Waals surface area (Å²) in [5, 5.41) is 18.9. The lowest BCUT2D eigenvalue weighted by Crippen LogP contribution is -2.22. The van der Waals surface area contributed by atoms with Crippen LogP contribution in [0.15, 0.2) is 47.4 Å². The van der Waals surface area contributed by atoms with Gasteiger partial charge in [0.1, 0.15) is 5.75 Å². The molecule has 0 radical (unpaired) electrons. The summed E-state index contributed by atoms with van der Waals surface area (Å²) in [6.45, 7) is 0. The third-order valence-corrected chi connectivity index (χ3v) is 4.98. The molecule has 0 unspecified atom stereocenters. The van der Waals surface area contributed by atoms with Crippen LogP contribution < -0.4 is 0 Å². The van der Waals surface area contributed by atoms with Crippen LogP contribution in [0.4, 0.5) is 0 Å². The van der Waals surface area contributed by atoms with Gasteiger partial charge in [-0.05, 0) is 35.9 Å². The number of hydrogen-bond acceptors (Lipinski definition) is 4. The molecule has 116 valence electrons. The van der Waals surface area contributed by atoms with E-state index in [1.54, 1.807) is 12.1 Å². The maximum Gasteiger partial charge on any atom is 0.335 e. The Labute approximate surface area is 128 Å². The van der Waals surface area contributed by atoms with Crippen LogP contribution in [-0.4, -0.2) is 43.0 Å². The van der Waals surface area contributed by atoms with E-state index >= 15 is 0 Å². The van der Waals surface area contributed by atoms with Gasteiger partial charge in [-0.3, -0.25) is 0 Å². The predicted molar refractivity (Wildman–Crippen MR) is 81.4 cm³/mol. The molecule has 0 aromatic heterocycles. The number of nitrogens with zero attached hydrogens (tertiary/aromatic N) is 1. The summed E-state index contributed by atoms with van der Waals surface area (Å²) < 4.78 is 25.4. The molecule has 0 aliphatic rings. The van der Waals surface area contributed by atoms with Crippen molar-refractivity contribution in [2.75, 3.05) is 14.1 Å². The van der Waals surface area contributed by atoms with E-state index in [-0.39, 0.29) is 16.2 Å². The van der Waals surface area contributed by atoms with E-state index < -0.39 is 16.0 Å². The molecular formula is C15H15NO5S. The van der Waals surface area contributed by atoms with Crippen LogP contribution in [-0.2, 0) is 10.0 Å². The minimum Gasteiger partial charge on any atom is -0.507 e. The van der Waals surface area contributed by atoms with Gasteiger partial charge in [0.25, 0.3) is 0 Å². The number of aromatic hydroxyl groups is 1. The van der Waals surface area contributed by atoms with Crippen LogP contribution in [0.3, 0.4) is 0 Å². The summed E-state index contributed by atoms with van der Waals surface area (Å²) in [5.41, 5.74) is 0.802. The molecule has 0 saturated carbocycles. The van der Waals surface area contributed by atoms with Gasteiger partial charge in [-0.1, -0.05) is 12.1 Å². The zero-order valence-electron chi connectivity index (χ0n) is 12.0. The number of benzene rings is 2. The molecule has 2 aromatic rings. The fourth-order valence-electron chi connectivity index (χ4n) is 1.94. The highest BCUT2D eigenvalue weighted by atomic mass is 32.2. The molecule has 22 heavy (non-hydrogen) atoms. The number of hydrogen-bond donors (Lipinski definition) is 2. The Balaban J connectivity index is 2.54. The predicted octanol–water partition coefficient (Wildman–Crippen LogP) is 2.01. The molecule has 0 aliphatic heterocycles. The van der Waals surface area contributed by atoms with Gasteiger partial charge < -0.3 is 10.2 Å². The lowest BCUT2D eigenvalue weighted by Gasteiger charge is -2.13. The van der Waals surface area contributed by atoms with Crippen molar-refractivity contribution in [1.29, 1.82) is 0 Å². The Morgan fingerprint density at radius 1 is 1.09 bits per heavy atom. The van der Waals surface area contributed by atoms with E-state index in [1.165, 1.54) is 38.4 Å². The number of phenolic OH excluding ortho intramolecular Hbond substituents is 1. The number of rotatable bonds is 4. The van der Waals surface area contributed by atoms with Gasteiger partial charge in [0.2, 0.25) is 10.0 Å². The standard InChI is InChI=1S/C15H15NO5S/c1-16(2)22(20,21)12-5-3-4-10(8-12)13-7-6-11(15(18)19)9-14(13)17/h3-9,17H,1-2H3,(H,18,19). The molecule has 0 bridgehead atoms. The third kappa shape index (κ3) is 2.95. The molecule has 0 spiro atoms. The fraction of sp³-hybridized carbons (Fsp3) is 0.133. The van der Waals surface area contributed by atoms with Gasteiger partial charge in [0.15, 0.2) is 0 Å². The van der Waals surface area contributed by atoms with Gasteiger partial charge in [-0.25, -0.2) is 17.5 Å². The van der Waals surface area contributed by atoms with Crippen molar-refractivity contribution in [2.24, 2.45) is 0 Å². The van der Waals surface area contributed by atoms with Gasteiger partial charge >= 0.3 is 5.97 Å². The van der Waals surface area contributed by atoms with Crippen molar-refractivity contribution < 1.29 is 23.4 Å². The van der Waals surface area contributed by atoms with E-state index in [2.05, 4.69) is 0 Å². The summed E-state index contributed by atoms with van der Waals surface area (Å²) in [7, 11) is -0.721. The number of carboxylic acid groups (broad SMARTS) is 1. The highest BCUT2D eigenvalue weighted by Crippen LogP contribution is 2.31. The first kappa shape index (κ1) is 16.0. The van der Waals surface area contributed by atoms with Gasteiger partial charge in [-0.15, -0.1) is 0 Å². The summed E-state index contributed by atoms with van der Waals surface area (Å²) in [6.07, 6.45) is 0. The largest absolute Gasteiger partial charge is 0.507 e. The second kappa shape index (κ2) is 5.78. The number of carbonyl (C=O) groups is 1. The van der Waals surface area contributed by atoms with Crippen molar-refractivity contribution >= 4 is 16.0 Å².